The van der Waals surface area contributed by atoms with Gasteiger partial charge in [-0.15, -0.1) is 0 Å². The summed E-state index contributed by atoms with van der Waals surface area (Å²) in [6.45, 7) is 1.25. The number of amides is 6. The average Bonchev–Trinajstić information content (AvgIpc) is 3.60. The minimum absolute atomic E-state index is 0.0207. The molecular weight excluding hydrogens is 562 g/mol. The molecule has 236 valence electrons. The van der Waals surface area contributed by atoms with Crippen LogP contribution in [-0.2, 0) is 35.2 Å². The van der Waals surface area contributed by atoms with Gasteiger partial charge in [-0.25, -0.2) is 0 Å². The molecule has 1 aromatic rings. The molecule has 6 amide bonds. The van der Waals surface area contributed by atoms with Crippen molar-refractivity contribution >= 4 is 35.4 Å². The summed E-state index contributed by atoms with van der Waals surface area (Å²) in [5.41, 5.74) is 6.19. The number of carbonyl (C=O) groups excluding carboxylic acids is 6. The van der Waals surface area contributed by atoms with Crippen LogP contribution in [0, 0.1) is 0 Å². The maximum Gasteiger partial charge on any atom is 0.246 e. The molecular formula is C28H41N7O8. The van der Waals surface area contributed by atoms with Crippen molar-refractivity contribution < 1.29 is 39.0 Å². The molecule has 0 bridgehead atoms. The molecule has 2 aliphatic heterocycles. The Morgan fingerprint density at radius 1 is 1.07 bits per heavy atom. The van der Waals surface area contributed by atoms with Crippen LogP contribution >= 0.6 is 0 Å². The summed E-state index contributed by atoms with van der Waals surface area (Å²) in [5.74, 6) is -3.25. The molecule has 2 fully saturated rings. The molecule has 2 aliphatic rings. The monoisotopic (exact) mass is 603 g/mol. The quantitative estimate of drug-likeness (QED) is 0.144. The summed E-state index contributed by atoms with van der Waals surface area (Å²) in [4.78, 5) is 80.5. The molecule has 3 rings (SSSR count). The Morgan fingerprint density at radius 3 is 2.37 bits per heavy atom. The Kier molecular flexibility index (Phi) is 11.4. The predicted molar refractivity (Wildman–Crippen MR) is 153 cm³/mol. The molecule has 0 saturated carbocycles. The minimum atomic E-state index is -1.06. The maximum atomic E-state index is 13.7. The molecule has 15 nitrogen and oxygen atoms in total. The van der Waals surface area contributed by atoms with E-state index >= 15 is 0 Å². The van der Waals surface area contributed by atoms with Crippen LogP contribution in [0.4, 0.5) is 0 Å². The molecule has 5 atom stereocenters. The largest absolute Gasteiger partial charge is 0.508 e. The average molecular weight is 604 g/mol. The number of nitrogens with one attached hydrogen (secondary N) is 3. The lowest BCUT2D eigenvalue weighted by atomic mass is 10.0. The van der Waals surface area contributed by atoms with Crippen molar-refractivity contribution in [3.8, 4) is 5.75 Å². The zero-order valence-corrected chi connectivity index (χ0v) is 24.6. The number of hydrogen-bond acceptors (Lipinski definition) is 9. The summed E-state index contributed by atoms with van der Waals surface area (Å²) in [6, 6.07) is 2.21. The lowest BCUT2D eigenvalue weighted by Crippen LogP contribution is -2.56. The number of aliphatic hydroxyl groups is 1. The topological polar surface area (TPSA) is 215 Å². The van der Waals surface area contributed by atoms with Crippen LogP contribution in [-0.4, -0.2) is 131 Å². The fraction of sp³-hybridized carbons (Fsp3) is 0.571. The van der Waals surface area contributed by atoms with Gasteiger partial charge in [0.1, 0.15) is 29.9 Å². The van der Waals surface area contributed by atoms with Gasteiger partial charge in [-0.05, 0) is 44.5 Å². The van der Waals surface area contributed by atoms with Gasteiger partial charge in [0.15, 0.2) is 0 Å². The third-order valence-corrected chi connectivity index (χ3v) is 7.59. The molecule has 1 aromatic carbocycles. The zero-order valence-electron chi connectivity index (χ0n) is 24.6. The Bertz CT molecular complexity index is 1210. The van der Waals surface area contributed by atoms with E-state index in [2.05, 4.69) is 16.0 Å². The van der Waals surface area contributed by atoms with Gasteiger partial charge in [0, 0.05) is 33.0 Å². The fourth-order valence-corrected chi connectivity index (χ4v) is 5.39. The van der Waals surface area contributed by atoms with Crippen molar-refractivity contribution in [1.29, 1.82) is 0 Å². The molecule has 0 aromatic heterocycles. The highest BCUT2D eigenvalue weighted by atomic mass is 16.3. The Hall–Kier alpha value is -4.24. The third kappa shape index (κ3) is 8.64. The van der Waals surface area contributed by atoms with Crippen molar-refractivity contribution in [3.63, 3.8) is 0 Å². The van der Waals surface area contributed by atoms with E-state index < -0.39 is 59.8 Å². The molecule has 0 spiro atoms. The third-order valence-electron chi connectivity index (χ3n) is 7.59. The van der Waals surface area contributed by atoms with Crippen molar-refractivity contribution in [1.82, 2.24) is 30.7 Å². The summed E-state index contributed by atoms with van der Waals surface area (Å²) < 4.78 is 0. The molecule has 2 heterocycles. The number of nitrogens with zero attached hydrogens (tertiary/aromatic N) is 3. The lowest BCUT2D eigenvalue weighted by Gasteiger charge is -2.32. The minimum Gasteiger partial charge on any atom is -0.508 e. The Labute approximate surface area is 249 Å². The first-order chi connectivity index (χ1) is 20.3. The van der Waals surface area contributed by atoms with Gasteiger partial charge in [0.05, 0.1) is 19.2 Å². The highest BCUT2D eigenvalue weighted by Gasteiger charge is 2.45. The van der Waals surface area contributed by atoms with Crippen LogP contribution in [0.2, 0.25) is 0 Å². The Balaban J connectivity index is 1.65. The number of aliphatic hydroxyl groups excluding tert-OH is 1. The molecule has 0 unspecified atom stereocenters. The molecule has 15 heteroatoms. The standard InChI is InChI=1S/C28H41N7O8/c1-16(31-23(38)13-30-2)27(42)33(3)15-24(39)35-14-19(37)12-22(35)28(43)34-10-4-5-21(34)26(41)32-20(25(29)40)11-17-6-8-18(36)9-7-17/h6-9,16,19-22,30,36-37H,4-5,10-15H2,1-3H3,(H2,29,40)(H,31,38)(H,32,41)/t16-,19+,20-,21-,22-/m0/s1. The van der Waals surface area contributed by atoms with Crippen LogP contribution in [0.3, 0.4) is 0 Å². The van der Waals surface area contributed by atoms with Gasteiger partial charge in [-0.3, -0.25) is 28.8 Å². The second-order valence-electron chi connectivity index (χ2n) is 11.0. The van der Waals surface area contributed by atoms with Crippen LogP contribution in [0.5, 0.6) is 5.75 Å². The number of likely N-dealkylation sites (N-methyl/N-ethyl adjacent to an activating group) is 2. The Morgan fingerprint density at radius 2 is 1.74 bits per heavy atom. The van der Waals surface area contributed by atoms with Gasteiger partial charge < -0.3 is 46.6 Å². The first kappa shape index (κ1) is 33.3. The first-order valence-electron chi connectivity index (χ1n) is 14.2. The highest BCUT2D eigenvalue weighted by Crippen LogP contribution is 2.26. The number of nitrogens with two attached hydrogens (primary N) is 1. The number of phenols is 1. The molecule has 2 saturated heterocycles. The van der Waals surface area contributed by atoms with E-state index in [0.29, 0.717) is 18.4 Å². The van der Waals surface area contributed by atoms with Gasteiger partial charge in [0.25, 0.3) is 0 Å². The lowest BCUT2D eigenvalue weighted by molar-refractivity contribution is -0.148. The van der Waals surface area contributed by atoms with Gasteiger partial charge in [-0.1, -0.05) is 12.1 Å². The van der Waals surface area contributed by atoms with E-state index in [0.717, 1.165) is 4.90 Å². The number of rotatable bonds is 12. The molecule has 7 N–H and O–H groups in total. The summed E-state index contributed by atoms with van der Waals surface area (Å²) in [5, 5.41) is 27.7. The number of aromatic hydroxyl groups is 1. The van der Waals surface area contributed by atoms with Crippen molar-refractivity contribution in [3.05, 3.63) is 29.8 Å². The zero-order chi connectivity index (χ0) is 31.8. The number of carbonyl (C=O) groups is 6. The SMILES string of the molecule is CNCC(=O)N[C@@H](C)C(=O)N(C)CC(=O)N1C[C@H](O)C[C@H]1C(=O)N1CCC[C@H]1C(=O)N[C@@H](Cc1ccc(O)cc1)C(N)=O. The normalized spacial score (nSPS) is 21.2. The van der Waals surface area contributed by atoms with Crippen molar-refractivity contribution in [2.24, 2.45) is 5.73 Å². The second kappa shape index (κ2) is 14.8. The predicted octanol–water partition coefficient (Wildman–Crippen LogP) is -2.96. The van der Waals surface area contributed by atoms with Gasteiger partial charge in [-0.2, -0.15) is 0 Å². The smallest absolute Gasteiger partial charge is 0.246 e. The van der Waals surface area contributed by atoms with Crippen LogP contribution in [0.1, 0.15) is 31.7 Å². The number of primary amides is 1. The van der Waals surface area contributed by atoms with Crippen LogP contribution in [0.15, 0.2) is 24.3 Å². The molecule has 0 aliphatic carbocycles. The first-order valence-corrected chi connectivity index (χ1v) is 14.2. The number of β-amino-alcohol motifs (C(OH)–C–C–N with tert-alkyl or cyclic N) is 1. The molecule has 0 radical (unpaired) electrons. The number of hydrogen-bond donors (Lipinski definition) is 6. The number of benzene rings is 1. The van der Waals surface area contributed by atoms with E-state index in [1.54, 1.807) is 19.2 Å². The van der Waals surface area contributed by atoms with E-state index in [1.165, 1.54) is 35.9 Å². The van der Waals surface area contributed by atoms with Crippen molar-refractivity contribution in [2.75, 3.05) is 40.3 Å². The van der Waals surface area contributed by atoms with Crippen LogP contribution in [0.25, 0.3) is 0 Å². The number of phenolic OH excluding ortho intramolecular Hbond substituents is 1. The fourth-order valence-electron chi connectivity index (χ4n) is 5.39. The maximum absolute atomic E-state index is 13.7. The van der Waals surface area contributed by atoms with E-state index in [9.17, 15) is 39.0 Å². The summed E-state index contributed by atoms with van der Waals surface area (Å²) in [7, 11) is 2.99. The molecule has 43 heavy (non-hydrogen) atoms. The van der Waals surface area contributed by atoms with Crippen molar-refractivity contribution in [2.45, 2.75) is 62.9 Å². The van der Waals surface area contributed by atoms with E-state index in [-0.39, 0.29) is 50.7 Å². The number of likely N-dealkylation sites (tertiary alicyclic amines) is 2. The van der Waals surface area contributed by atoms with Gasteiger partial charge >= 0.3 is 0 Å². The summed E-state index contributed by atoms with van der Waals surface area (Å²) >= 11 is 0. The van der Waals surface area contributed by atoms with Crippen LogP contribution < -0.4 is 21.7 Å². The summed E-state index contributed by atoms with van der Waals surface area (Å²) in [6.07, 6.45) is -0.0732. The second-order valence-corrected chi connectivity index (χ2v) is 11.0. The highest BCUT2D eigenvalue weighted by molar-refractivity contribution is 5.96. The van der Waals surface area contributed by atoms with E-state index in [4.69, 9.17) is 5.73 Å². The van der Waals surface area contributed by atoms with Gasteiger partial charge in [0.2, 0.25) is 35.4 Å². The van der Waals surface area contributed by atoms with E-state index in [1.807, 2.05) is 0 Å².